The number of aromatic nitrogens is 4. The van der Waals surface area contributed by atoms with Crippen LogP contribution in [0.15, 0.2) is 6.33 Å². The van der Waals surface area contributed by atoms with Gasteiger partial charge in [-0.25, -0.2) is 4.98 Å². The van der Waals surface area contributed by atoms with Crippen LogP contribution in [-0.2, 0) is 4.79 Å². The van der Waals surface area contributed by atoms with Gasteiger partial charge in [0.25, 0.3) is 0 Å². The predicted octanol–water partition coefficient (Wildman–Crippen LogP) is -0.374. The van der Waals surface area contributed by atoms with E-state index in [1.54, 1.807) is 6.33 Å². The summed E-state index contributed by atoms with van der Waals surface area (Å²) in [6, 6.07) is 0.142. The molecule has 1 aliphatic heterocycles. The number of fused-ring (bicyclic) bond motifs is 1. The Morgan fingerprint density at radius 1 is 1.44 bits per heavy atom. The fourth-order valence-corrected chi connectivity index (χ4v) is 2.00. The van der Waals surface area contributed by atoms with E-state index in [1.165, 1.54) is 0 Å². The second-order valence-corrected chi connectivity index (χ2v) is 4.22. The van der Waals surface area contributed by atoms with Crippen LogP contribution < -0.4 is 16.4 Å². The Bertz CT molecular complexity index is 583. The van der Waals surface area contributed by atoms with Crippen molar-refractivity contribution in [3.63, 3.8) is 0 Å². The molecule has 1 fully saturated rings. The summed E-state index contributed by atoms with van der Waals surface area (Å²) < 4.78 is 0. The van der Waals surface area contributed by atoms with Gasteiger partial charge >= 0.3 is 0 Å². The van der Waals surface area contributed by atoms with E-state index in [-0.39, 0.29) is 17.9 Å². The fourth-order valence-electron chi connectivity index (χ4n) is 2.00. The van der Waals surface area contributed by atoms with Gasteiger partial charge in [-0.05, 0) is 6.42 Å². The molecule has 0 aliphatic carbocycles. The molecule has 0 bridgehead atoms. The average Bonchev–Trinajstić information content (AvgIpc) is 2.80. The molecule has 3 rings (SSSR count). The lowest BCUT2D eigenvalue weighted by molar-refractivity contribution is -0.122. The number of nitrogen functional groups attached to an aromatic ring is 1. The van der Waals surface area contributed by atoms with Crippen molar-refractivity contribution in [2.45, 2.75) is 18.9 Å². The molecule has 8 heteroatoms. The number of hydrogen-bond acceptors (Lipinski definition) is 6. The molecule has 2 aromatic heterocycles. The van der Waals surface area contributed by atoms with Crippen LogP contribution in [-0.4, -0.2) is 38.4 Å². The number of rotatable bonds is 2. The Balaban J connectivity index is 1.85. The van der Waals surface area contributed by atoms with Gasteiger partial charge < -0.3 is 21.4 Å². The summed E-state index contributed by atoms with van der Waals surface area (Å²) in [4.78, 5) is 26.3. The summed E-state index contributed by atoms with van der Waals surface area (Å²) >= 11 is 0. The van der Waals surface area contributed by atoms with Crippen LogP contribution in [0.4, 0.5) is 11.8 Å². The third kappa shape index (κ3) is 1.92. The first-order valence-electron chi connectivity index (χ1n) is 5.72. The van der Waals surface area contributed by atoms with E-state index in [0.29, 0.717) is 24.4 Å². The monoisotopic (exact) mass is 247 g/mol. The Labute approximate surface area is 102 Å². The zero-order chi connectivity index (χ0) is 12.5. The molecule has 8 nitrogen and oxygen atoms in total. The maximum absolute atomic E-state index is 11.1. The molecule has 94 valence electrons. The van der Waals surface area contributed by atoms with E-state index in [1.807, 2.05) is 0 Å². The normalized spacial score (nSPS) is 19.8. The molecule has 0 spiro atoms. The van der Waals surface area contributed by atoms with E-state index in [4.69, 9.17) is 5.73 Å². The van der Waals surface area contributed by atoms with E-state index < -0.39 is 0 Å². The van der Waals surface area contributed by atoms with Gasteiger partial charge in [0, 0.05) is 19.0 Å². The van der Waals surface area contributed by atoms with Gasteiger partial charge in [0.1, 0.15) is 5.52 Å². The van der Waals surface area contributed by atoms with Crippen molar-refractivity contribution >= 4 is 28.8 Å². The van der Waals surface area contributed by atoms with Crippen LogP contribution in [0.3, 0.4) is 0 Å². The Morgan fingerprint density at radius 3 is 3.11 bits per heavy atom. The number of piperidine rings is 1. The van der Waals surface area contributed by atoms with Crippen LogP contribution in [0.1, 0.15) is 12.8 Å². The molecule has 0 radical (unpaired) electrons. The lowest BCUT2D eigenvalue weighted by atomic mass is 10.1. The zero-order valence-electron chi connectivity index (χ0n) is 9.60. The Kier molecular flexibility index (Phi) is 2.47. The molecule has 3 heterocycles. The predicted molar refractivity (Wildman–Crippen MR) is 65.8 cm³/mol. The van der Waals surface area contributed by atoms with Gasteiger partial charge in [0.2, 0.25) is 11.9 Å². The smallest absolute Gasteiger partial charge is 0.224 e. The fraction of sp³-hybridized carbons (Fsp3) is 0.400. The number of nitrogens with zero attached hydrogens (tertiary/aromatic N) is 3. The number of nitrogens with two attached hydrogens (primary N) is 1. The SMILES string of the molecule is Nc1nc(NC2CCC(=O)NC2)c2[nH]cnc2n1. The minimum atomic E-state index is 0.0851. The number of nitrogens with one attached hydrogen (secondary N) is 3. The van der Waals surface area contributed by atoms with Crippen LogP contribution in [0.2, 0.25) is 0 Å². The first-order valence-corrected chi connectivity index (χ1v) is 5.72. The van der Waals surface area contributed by atoms with E-state index >= 15 is 0 Å². The third-order valence-corrected chi connectivity index (χ3v) is 2.91. The molecule has 1 unspecified atom stereocenters. The summed E-state index contributed by atoms with van der Waals surface area (Å²) in [6.45, 7) is 0.582. The number of carbonyl (C=O) groups is 1. The number of imidazole rings is 1. The summed E-state index contributed by atoms with van der Waals surface area (Å²) in [5, 5.41) is 6.06. The van der Waals surface area contributed by atoms with Crippen molar-refractivity contribution in [3.8, 4) is 0 Å². The number of H-pyrrole nitrogens is 1. The van der Waals surface area contributed by atoms with Gasteiger partial charge in [0.15, 0.2) is 11.5 Å². The van der Waals surface area contributed by atoms with E-state index in [2.05, 4.69) is 30.6 Å². The highest BCUT2D eigenvalue weighted by Gasteiger charge is 2.19. The average molecular weight is 247 g/mol. The van der Waals surface area contributed by atoms with Gasteiger partial charge in [-0.15, -0.1) is 0 Å². The molecular formula is C10H13N7O. The lowest BCUT2D eigenvalue weighted by Crippen LogP contribution is -2.42. The number of carbonyl (C=O) groups excluding carboxylic acids is 1. The highest BCUT2D eigenvalue weighted by atomic mass is 16.1. The third-order valence-electron chi connectivity index (χ3n) is 2.91. The van der Waals surface area contributed by atoms with Crippen LogP contribution in [0.5, 0.6) is 0 Å². The number of anilines is 2. The Hall–Kier alpha value is -2.38. The standard InChI is InChI=1S/C10H13N7O/c11-10-16-8-7(13-4-14-8)9(17-10)15-5-1-2-6(18)12-3-5/h4-5H,1-3H2,(H,12,18)(H4,11,13,14,15,16,17). The molecule has 0 aromatic carbocycles. The van der Waals surface area contributed by atoms with Gasteiger partial charge in [-0.3, -0.25) is 4.79 Å². The topological polar surface area (TPSA) is 122 Å². The van der Waals surface area contributed by atoms with Crippen molar-refractivity contribution in [2.24, 2.45) is 0 Å². The highest BCUT2D eigenvalue weighted by Crippen LogP contribution is 2.19. The van der Waals surface area contributed by atoms with Crippen molar-refractivity contribution in [1.29, 1.82) is 0 Å². The molecule has 5 N–H and O–H groups in total. The minimum absolute atomic E-state index is 0.0851. The number of aromatic amines is 1. The molecular weight excluding hydrogens is 234 g/mol. The van der Waals surface area contributed by atoms with Crippen LogP contribution in [0, 0.1) is 0 Å². The van der Waals surface area contributed by atoms with Gasteiger partial charge in [-0.1, -0.05) is 0 Å². The second-order valence-electron chi connectivity index (χ2n) is 4.22. The zero-order valence-corrected chi connectivity index (χ0v) is 9.60. The van der Waals surface area contributed by atoms with Crippen molar-refractivity contribution in [3.05, 3.63) is 6.33 Å². The van der Waals surface area contributed by atoms with Crippen molar-refractivity contribution < 1.29 is 4.79 Å². The second kappa shape index (κ2) is 4.13. The minimum Gasteiger partial charge on any atom is -0.368 e. The summed E-state index contributed by atoms with van der Waals surface area (Å²) in [6.07, 6.45) is 2.84. The molecule has 1 aliphatic rings. The van der Waals surface area contributed by atoms with Crippen molar-refractivity contribution in [2.75, 3.05) is 17.6 Å². The Morgan fingerprint density at radius 2 is 2.33 bits per heavy atom. The van der Waals surface area contributed by atoms with Crippen molar-refractivity contribution in [1.82, 2.24) is 25.3 Å². The van der Waals surface area contributed by atoms with Gasteiger partial charge in [0.05, 0.1) is 6.33 Å². The van der Waals surface area contributed by atoms with E-state index in [9.17, 15) is 4.79 Å². The highest BCUT2D eigenvalue weighted by molar-refractivity contribution is 5.84. The first-order chi connectivity index (χ1) is 8.72. The quantitative estimate of drug-likeness (QED) is 0.574. The number of amides is 1. The molecule has 1 amide bonds. The largest absolute Gasteiger partial charge is 0.368 e. The first kappa shape index (κ1) is 10.8. The van der Waals surface area contributed by atoms with Crippen LogP contribution in [0.25, 0.3) is 11.2 Å². The number of hydrogen-bond donors (Lipinski definition) is 4. The van der Waals surface area contributed by atoms with E-state index in [0.717, 1.165) is 11.9 Å². The maximum atomic E-state index is 11.1. The maximum Gasteiger partial charge on any atom is 0.224 e. The summed E-state index contributed by atoms with van der Waals surface area (Å²) in [5.74, 6) is 0.884. The summed E-state index contributed by atoms with van der Waals surface area (Å²) in [5.41, 5.74) is 6.88. The summed E-state index contributed by atoms with van der Waals surface area (Å²) in [7, 11) is 0. The van der Waals surface area contributed by atoms with Crippen LogP contribution >= 0.6 is 0 Å². The molecule has 0 saturated carbocycles. The molecule has 2 aromatic rings. The molecule has 1 saturated heterocycles. The van der Waals surface area contributed by atoms with Gasteiger partial charge in [-0.2, -0.15) is 9.97 Å². The lowest BCUT2D eigenvalue weighted by Gasteiger charge is -2.24. The molecule has 18 heavy (non-hydrogen) atoms. The molecule has 1 atom stereocenters.